The minimum atomic E-state index is -0.0511. The van der Waals surface area contributed by atoms with Crippen LogP contribution in [0.25, 0.3) is 0 Å². The molecule has 0 unspecified atom stereocenters. The second kappa shape index (κ2) is 4.53. The fourth-order valence-corrected chi connectivity index (χ4v) is 2.37. The van der Waals surface area contributed by atoms with Gasteiger partial charge in [0.15, 0.2) is 0 Å². The summed E-state index contributed by atoms with van der Waals surface area (Å²) in [7, 11) is 1.70. The van der Waals surface area contributed by atoms with Crippen molar-refractivity contribution in [3.05, 3.63) is 11.4 Å². The molecule has 3 nitrogen and oxygen atoms in total. The highest BCUT2D eigenvalue weighted by atomic mass is 16.5. The molecule has 0 spiro atoms. The van der Waals surface area contributed by atoms with Crippen LogP contribution < -0.4 is 4.74 Å². The topological polar surface area (TPSA) is 27.1 Å². The van der Waals surface area contributed by atoms with Crippen molar-refractivity contribution in [2.75, 3.05) is 7.11 Å². The number of rotatable bonds is 1. The van der Waals surface area contributed by atoms with Gasteiger partial charge in [0.1, 0.15) is 0 Å². The van der Waals surface area contributed by atoms with Crippen LogP contribution >= 0.6 is 0 Å². The third kappa shape index (κ3) is 3.13. The summed E-state index contributed by atoms with van der Waals surface area (Å²) in [5.41, 5.74) is 2.38. The summed E-state index contributed by atoms with van der Waals surface area (Å²) in [5.74, 6) is 0. The summed E-state index contributed by atoms with van der Waals surface area (Å²) in [5, 5.41) is 0. The lowest BCUT2D eigenvalue weighted by Crippen LogP contribution is -2.31. The maximum Gasteiger partial charge on any atom is 0.296 e. The minimum absolute atomic E-state index is 0.00634. The maximum atomic E-state index is 5.54. The van der Waals surface area contributed by atoms with Crippen molar-refractivity contribution in [2.45, 2.75) is 78.7 Å². The van der Waals surface area contributed by atoms with E-state index in [1.165, 1.54) is 5.69 Å². The van der Waals surface area contributed by atoms with Crippen LogP contribution in [0.15, 0.2) is 0 Å². The highest BCUT2D eigenvalue weighted by Gasteiger charge is 2.36. The molecule has 0 bridgehead atoms. The largest absolute Gasteiger partial charge is 0.468 e. The van der Waals surface area contributed by atoms with Gasteiger partial charge in [-0.1, -0.05) is 41.5 Å². The molecule has 1 aromatic rings. The molecule has 0 amide bonds. The van der Waals surface area contributed by atoms with E-state index in [0.29, 0.717) is 6.01 Å². The molecule has 0 aromatic carbocycles. The summed E-state index contributed by atoms with van der Waals surface area (Å²) in [6, 6.07) is 0.711. The maximum absolute atomic E-state index is 5.54. The Labute approximate surface area is 118 Å². The van der Waals surface area contributed by atoms with Crippen molar-refractivity contribution in [1.82, 2.24) is 9.55 Å². The third-order valence-electron chi connectivity index (χ3n) is 3.12. The molecular weight excluding hydrogens is 236 g/mol. The monoisotopic (exact) mass is 266 g/mol. The molecule has 0 aliphatic rings. The van der Waals surface area contributed by atoms with Gasteiger partial charge in [0.2, 0.25) is 0 Å². The molecule has 0 atom stereocenters. The van der Waals surface area contributed by atoms with Crippen LogP contribution in [0.2, 0.25) is 0 Å². The Balaban J connectivity index is 3.75. The van der Waals surface area contributed by atoms with Crippen LogP contribution in [0.4, 0.5) is 0 Å². The smallest absolute Gasteiger partial charge is 0.296 e. The molecule has 110 valence electrons. The number of imidazole rings is 1. The number of ether oxygens (including phenoxy) is 1. The quantitative estimate of drug-likeness (QED) is 0.760. The first-order valence-electron chi connectivity index (χ1n) is 6.98. The molecule has 1 heterocycles. The van der Waals surface area contributed by atoms with E-state index in [4.69, 9.17) is 9.72 Å². The van der Waals surface area contributed by atoms with Gasteiger partial charge in [0.05, 0.1) is 18.5 Å². The summed E-state index contributed by atoms with van der Waals surface area (Å²) < 4.78 is 7.78. The molecule has 0 radical (unpaired) electrons. The molecule has 3 heteroatoms. The Kier molecular flexibility index (Phi) is 3.83. The summed E-state index contributed by atoms with van der Waals surface area (Å²) in [4.78, 5) is 4.77. The lowest BCUT2D eigenvalue weighted by atomic mass is 9.81. The Morgan fingerprint density at radius 1 is 0.842 bits per heavy atom. The third-order valence-corrected chi connectivity index (χ3v) is 3.12. The standard InChI is InChI=1S/C16H30N2O/c1-14(2,3)11-12(15(4,5)6)18(16(7,8)9)13(17-11)19-10/h1-10H3. The van der Waals surface area contributed by atoms with Crippen molar-refractivity contribution in [2.24, 2.45) is 0 Å². The van der Waals surface area contributed by atoms with E-state index in [1.54, 1.807) is 7.11 Å². The molecule has 1 rings (SSSR count). The molecular formula is C16H30N2O. The van der Waals surface area contributed by atoms with E-state index in [-0.39, 0.29) is 16.4 Å². The number of hydrogen-bond donors (Lipinski definition) is 0. The zero-order valence-electron chi connectivity index (χ0n) is 14.3. The van der Waals surface area contributed by atoms with Crippen molar-refractivity contribution in [1.29, 1.82) is 0 Å². The molecule has 19 heavy (non-hydrogen) atoms. The van der Waals surface area contributed by atoms with Gasteiger partial charge in [-0.2, -0.15) is 4.98 Å². The zero-order chi connectivity index (χ0) is 15.2. The van der Waals surface area contributed by atoms with Crippen LogP contribution in [-0.4, -0.2) is 16.7 Å². The van der Waals surface area contributed by atoms with Crippen LogP contribution in [-0.2, 0) is 16.4 Å². The lowest BCUT2D eigenvalue weighted by molar-refractivity contribution is 0.282. The predicted molar refractivity (Wildman–Crippen MR) is 81.2 cm³/mol. The normalized spacial score (nSPS) is 13.8. The zero-order valence-corrected chi connectivity index (χ0v) is 14.3. The van der Waals surface area contributed by atoms with E-state index in [2.05, 4.69) is 66.9 Å². The first kappa shape index (κ1) is 16.1. The molecule has 0 fully saturated rings. The summed E-state index contributed by atoms with van der Waals surface area (Å²) >= 11 is 0. The van der Waals surface area contributed by atoms with E-state index in [9.17, 15) is 0 Å². The average molecular weight is 266 g/mol. The first-order valence-corrected chi connectivity index (χ1v) is 6.98. The van der Waals surface area contributed by atoms with Crippen LogP contribution in [0.5, 0.6) is 6.01 Å². The predicted octanol–water partition coefficient (Wildman–Crippen LogP) is 4.24. The second-order valence-corrected chi connectivity index (χ2v) is 8.30. The van der Waals surface area contributed by atoms with Crippen LogP contribution in [0, 0.1) is 0 Å². The minimum Gasteiger partial charge on any atom is -0.468 e. The SMILES string of the molecule is COc1nc(C(C)(C)C)c(C(C)(C)C)n1C(C)(C)C. The van der Waals surface area contributed by atoms with Crippen LogP contribution in [0.3, 0.4) is 0 Å². The second-order valence-electron chi connectivity index (χ2n) is 8.30. The van der Waals surface area contributed by atoms with Gasteiger partial charge >= 0.3 is 0 Å². The lowest BCUT2D eigenvalue weighted by Gasteiger charge is -2.32. The fourth-order valence-electron chi connectivity index (χ4n) is 2.37. The average Bonchev–Trinajstić information content (AvgIpc) is 2.54. The van der Waals surface area contributed by atoms with Gasteiger partial charge in [-0.15, -0.1) is 0 Å². The summed E-state index contributed by atoms with van der Waals surface area (Å²) in [6.07, 6.45) is 0. The Morgan fingerprint density at radius 2 is 1.32 bits per heavy atom. The van der Waals surface area contributed by atoms with Crippen molar-refractivity contribution in [3.63, 3.8) is 0 Å². The van der Waals surface area contributed by atoms with Crippen molar-refractivity contribution in [3.8, 4) is 6.01 Å². The summed E-state index contributed by atoms with van der Waals surface area (Å²) in [6.45, 7) is 19.9. The van der Waals surface area contributed by atoms with Gasteiger partial charge < -0.3 is 4.74 Å². The van der Waals surface area contributed by atoms with Gasteiger partial charge in [-0.05, 0) is 20.8 Å². The Hall–Kier alpha value is -0.990. The highest BCUT2D eigenvalue weighted by molar-refractivity contribution is 5.33. The van der Waals surface area contributed by atoms with Crippen molar-refractivity contribution < 1.29 is 4.74 Å². The van der Waals surface area contributed by atoms with Crippen molar-refractivity contribution >= 4 is 0 Å². The van der Waals surface area contributed by atoms with E-state index < -0.39 is 0 Å². The van der Waals surface area contributed by atoms with Crippen LogP contribution in [0.1, 0.15) is 73.7 Å². The fraction of sp³-hybridized carbons (Fsp3) is 0.812. The first-order chi connectivity index (χ1) is 8.30. The number of hydrogen-bond acceptors (Lipinski definition) is 2. The molecule has 0 N–H and O–H groups in total. The highest BCUT2D eigenvalue weighted by Crippen LogP contribution is 2.39. The van der Waals surface area contributed by atoms with E-state index >= 15 is 0 Å². The number of aromatic nitrogens is 2. The van der Waals surface area contributed by atoms with Gasteiger partial charge in [0.25, 0.3) is 6.01 Å². The molecule has 0 aliphatic heterocycles. The number of nitrogens with zero attached hydrogens (tertiary/aromatic N) is 2. The molecule has 0 saturated heterocycles. The molecule has 0 saturated carbocycles. The number of methoxy groups -OCH3 is 1. The van der Waals surface area contributed by atoms with Gasteiger partial charge in [0, 0.05) is 16.4 Å². The van der Waals surface area contributed by atoms with Gasteiger partial charge in [-0.3, -0.25) is 4.57 Å². The van der Waals surface area contributed by atoms with E-state index in [0.717, 1.165) is 5.69 Å². The molecule has 1 aromatic heterocycles. The Bertz CT molecular complexity index is 451. The van der Waals surface area contributed by atoms with Gasteiger partial charge in [-0.25, -0.2) is 0 Å². The van der Waals surface area contributed by atoms with E-state index in [1.807, 2.05) is 0 Å². The Morgan fingerprint density at radius 3 is 1.58 bits per heavy atom. The molecule has 0 aliphatic carbocycles.